The van der Waals surface area contributed by atoms with Gasteiger partial charge in [0.15, 0.2) is 5.89 Å². The maximum absolute atomic E-state index is 5.72. The normalized spacial score (nSPS) is 24.0. The van der Waals surface area contributed by atoms with Crippen molar-refractivity contribution in [3.63, 3.8) is 0 Å². The number of aromatic nitrogens is 1. The monoisotopic (exact) mass is 212 g/mol. The highest BCUT2D eigenvalue weighted by Gasteiger charge is 2.23. The van der Waals surface area contributed by atoms with Crippen LogP contribution >= 0.6 is 11.8 Å². The zero-order valence-electron chi connectivity index (χ0n) is 8.40. The zero-order chi connectivity index (χ0) is 9.97. The van der Waals surface area contributed by atoms with E-state index in [9.17, 15) is 0 Å². The van der Waals surface area contributed by atoms with Gasteiger partial charge in [0.25, 0.3) is 0 Å². The molecule has 4 heteroatoms. The Morgan fingerprint density at radius 2 is 2.64 bits per heavy atom. The largest absolute Gasteiger partial charge is 0.445 e. The van der Waals surface area contributed by atoms with Gasteiger partial charge >= 0.3 is 0 Å². The second-order valence-corrected chi connectivity index (χ2v) is 4.95. The molecule has 1 saturated heterocycles. The van der Waals surface area contributed by atoms with Gasteiger partial charge in [-0.05, 0) is 12.2 Å². The molecule has 1 aromatic heterocycles. The van der Waals surface area contributed by atoms with Crippen LogP contribution in [-0.2, 0) is 0 Å². The van der Waals surface area contributed by atoms with E-state index in [1.165, 1.54) is 12.2 Å². The number of hydrogen-bond acceptors (Lipinski definition) is 4. The lowest BCUT2D eigenvalue weighted by Gasteiger charge is -2.04. The first-order valence-electron chi connectivity index (χ1n) is 5.04. The fourth-order valence-corrected chi connectivity index (χ4v) is 2.77. The first-order valence-corrected chi connectivity index (χ1v) is 6.20. The Morgan fingerprint density at radius 1 is 1.79 bits per heavy atom. The summed E-state index contributed by atoms with van der Waals surface area (Å²) in [7, 11) is 0. The van der Waals surface area contributed by atoms with Crippen LogP contribution in [0.15, 0.2) is 10.6 Å². The number of nitrogens with two attached hydrogens (primary N) is 1. The van der Waals surface area contributed by atoms with Gasteiger partial charge in [-0.2, -0.15) is 11.8 Å². The molecule has 14 heavy (non-hydrogen) atoms. The molecule has 0 aromatic carbocycles. The first kappa shape index (κ1) is 10.1. The Labute approximate surface area is 88.5 Å². The fourth-order valence-electron chi connectivity index (χ4n) is 1.56. The molecular formula is C10H16N2OS. The van der Waals surface area contributed by atoms with E-state index in [-0.39, 0.29) is 5.92 Å². The third kappa shape index (κ3) is 1.96. The van der Waals surface area contributed by atoms with Crippen molar-refractivity contribution in [2.24, 2.45) is 5.73 Å². The molecule has 2 unspecified atom stereocenters. The lowest BCUT2D eigenvalue weighted by atomic mass is 10.1. The molecule has 1 fully saturated rings. The van der Waals surface area contributed by atoms with Crippen molar-refractivity contribution in [1.82, 2.24) is 4.98 Å². The van der Waals surface area contributed by atoms with Gasteiger partial charge in [-0.1, -0.05) is 6.92 Å². The van der Waals surface area contributed by atoms with E-state index in [1.54, 1.807) is 0 Å². The van der Waals surface area contributed by atoms with E-state index >= 15 is 0 Å². The number of rotatable bonds is 3. The van der Waals surface area contributed by atoms with Gasteiger partial charge in [-0.15, -0.1) is 0 Å². The van der Waals surface area contributed by atoms with Crippen LogP contribution in [-0.4, -0.2) is 23.0 Å². The van der Waals surface area contributed by atoms with Gasteiger partial charge in [-0.25, -0.2) is 4.98 Å². The lowest BCUT2D eigenvalue weighted by molar-refractivity contribution is 0.412. The van der Waals surface area contributed by atoms with Crippen LogP contribution in [0.2, 0.25) is 0 Å². The van der Waals surface area contributed by atoms with Gasteiger partial charge in [0.2, 0.25) is 0 Å². The highest BCUT2D eigenvalue weighted by molar-refractivity contribution is 7.99. The maximum Gasteiger partial charge on any atom is 0.198 e. The SMILES string of the molecule is CC(CN)c1cnc(C2CCSC2)o1. The van der Waals surface area contributed by atoms with E-state index in [0.29, 0.717) is 12.5 Å². The molecule has 0 saturated carbocycles. The van der Waals surface area contributed by atoms with Crippen LogP contribution in [0.3, 0.4) is 0 Å². The van der Waals surface area contributed by atoms with Gasteiger partial charge < -0.3 is 10.2 Å². The molecule has 0 aliphatic carbocycles. The second-order valence-electron chi connectivity index (χ2n) is 3.80. The van der Waals surface area contributed by atoms with E-state index in [1.807, 2.05) is 18.0 Å². The molecule has 2 rings (SSSR count). The molecule has 0 bridgehead atoms. The van der Waals surface area contributed by atoms with Gasteiger partial charge in [0.1, 0.15) is 5.76 Å². The summed E-state index contributed by atoms with van der Waals surface area (Å²) in [6, 6.07) is 0. The Balaban J connectivity index is 2.08. The van der Waals surface area contributed by atoms with Crippen molar-refractivity contribution in [2.45, 2.75) is 25.2 Å². The van der Waals surface area contributed by atoms with E-state index in [4.69, 9.17) is 10.2 Å². The molecule has 0 spiro atoms. The minimum atomic E-state index is 0.283. The van der Waals surface area contributed by atoms with Gasteiger partial charge in [-0.3, -0.25) is 0 Å². The van der Waals surface area contributed by atoms with Crippen molar-refractivity contribution < 1.29 is 4.42 Å². The lowest BCUT2D eigenvalue weighted by Crippen LogP contribution is -2.07. The molecule has 1 aliphatic heterocycles. The van der Waals surface area contributed by atoms with E-state index < -0.39 is 0 Å². The second kappa shape index (κ2) is 4.36. The van der Waals surface area contributed by atoms with Crippen LogP contribution < -0.4 is 5.73 Å². The Bertz CT molecular complexity index is 294. The Morgan fingerprint density at radius 3 is 3.29 bits per heavy atom. The summed E-state index contributed by atoms with van der Waals surface area (Å²) in [5, 5.41) is 0. The van der Waals surface area contributed by atoms with Crippen LogP contribution in [0.25, 0.3) is 0 Å². The maximum atomic E-state index is 5.72. The molecule has 1 aromatic rings. The smallest absolute Gasteiger partial charge is 0.198 e. The molecule has 3 nitrogen and oxygen atoms in total. The summed E-state index contributed by atoms with van der Waals surface area (Å²) in [5.74, 6) is 5.03. The van der Waals surface area contributed by atoms with Crippen LogP contribution in [0.4, 0.5) is 0 Å². The van der Waals surface area contributed by atoms with Crippen molar-refractivity contribution in [2.75, 3.05) is 18.1 Å². The number of oxazole rings is 1. The van der Waals surface area contributed by atoms with Crippen LogP contribution in [0.1, 0.15) is 36.8 Å². The Kier molecular flexibility index (Phi) is 3.13. The van der Waals surface area contributed by atoms with Crippen molar-refractivity contribution >= 4 is 11.8 Å². The first-order chi connectivity index (χ1) is 6.81. The summed E-state index contributed by atoms with van der Waals surface area (Å²) in [6.07, 6.45) is 3.03. The van der Waals surface area contributed by atoms with Gasteiger partial charge in [0.05, 0.1) is 6.20 Å². The van der Waals surface area contributed by atoms with Crippen molar-refractivity contribution in [3.05, 3.63) is 17.8 Å². The minimum Gasteiger partial charge on any atom is -0.445 e. The predicted octanol–water partition coefficient (Wildman–Crippen LogP) is 1.96. The summed E-state index contributed by atoms with van der Waals surface area (Å²) < 4.78 is 5.72. The van der Waals surface area contributed by atoms with Crippen LogP contribution in [0.5, 0.6) is 0 Å². The third-order valence-electron chi connectivity index (χ3n) is 2.66. The summed E-state index contributed by atoms with van der Waals surface area (Å²) in [4.78, 5) is 4.33. The number of hydrogen-bond donors (Lipinski definition) is 1. The summed E-state index contributed by atoms with van der Waals surface area (Å²) in [5.41, 5.74) is 5.57. The average Bonchev–Trinajstić information content (AvgIpc) is 2.86. The molecular weight excluding hydrogens is 196 g/mol. The summed E-state index contributed by atoms with van der Waals surface area (Å²) in [6.45, 7) is 2.68. The molecule has 2 N–H and O–H groups in total. The molecule has 2 heterocycles. The molecule has 0 radical (unpaired) electrons. The summed E-state index contributed by atoms with van der Waals surface area (Å²) >= 11 is 1.98. The molecule has 0 amide bonds. The highest BCUT2D eigenvalue weighted by atomic mass is 32.2. The Hall–Kier alpha value is -0.480. The third-order valence-corrected chi connectivity index (χ3v) is 3.82. The molecule has 2 atom stereocenters. The average molecular weight is 212 g/mol. The standard InChI is InChI=1S/C10H16N2OS/c1-7(4-11)9-5-12-10(13-9)8-2-3-14-6-8/h5,7-8H,2-4,6,11H2,1H3. The van der Waals surface area contributed by atoms with E-state index in [0.717, 1.165) is 17.4 Å². The predicted molar refractivity (Wildman–Crippen MR) is 58.7 cm³/mol. The number of thioether (sulfide) groups is 1. The molecule has 1 aliphatic rings. The van der Waals surface area contributed by atoms with Crippen molar-refractivity contribution in [1.29, 1.82) is 0 Å². The molecule has 78 valence electrons. The number of nitrogens with zero attached hydrogens (tertiary/aromatic N) is 1. The van der Waals surface area contributed by atoms with E-state index in [2.05, 4.69) is 11.9 Å². The fraction of sp³-hybridized carbons (Fsp3) is 0.700. The quantitative estimate of drug-likeness (QED) is 0.832. The zero-order valence-corrected chi connectivity index (χ0v) is 9.22. The minimum absolute atomic E-state index is 0.283. The van der Waals surface area contributed by atoms with Crippen molar-refractivity contribution in [3.8, 4) is 0 Å². The van der Waals surface area contributed by atoms with Gasteiger partial charge in [0, 0.05) is 24.1 Å². The van der Waals surface area contributed by atoms with Crippen LogP contribution in [0, 0.1) is 0 Å². The highest BCUT2D eigenvalue weighted by Crippen LogP contribution is 2.32. The topological polar surface area (TPSA) is 52.0 Å².